The molecule has 0 saturated heterocycles. The van der Waals surface area contributed by atoms with Gasteiger partial charge in [-0.05, 0) is 36.8 Å². The van der Waals surface area contributed by atoms with Gasteiger partial charge < -0.3 is 15.2 Å². The maximum Gasteiger partial charge on any atom is 0.387 e. The zero-order valence-corrected chi connectivity index (χ0v) is 10.9. The number of rotatable bonds is 5. The van der Waals surface area contributed by atoms with Gasteiger partial charge in [0.15, 0.2) is 0 Å². The van der Waals surface area contributed by atoms with Crippen molar-refractivity contribution in [3.05, 3.63) is 53.6 Å². The van der Waals surface area contributed by atoms with Crippen molar-refractivity contribution >= 4 is 5.69 Å². The van der Waals surface area contributed by atoms with Crippen LogP contribution in [0.5, 0.6) is 11.5 Å². The van der Waals surface area contributed by atoms with Crippen molar-refractivity contribution < 1.29 is 18.6 Å². The number of aromatic hydroxyl groups is 1. The summed E-state index contributed by atoms with van der Waals surface area (Å²) in [7, 11) is 0. The Hall–Kier alpha value is -2.30. The number of nitrogens with one attached hydrogen (secondary N) is 1. The number of para-hydroxylation sites is 1. The number of hydrogen-bond acceptors (Lipinski definition) is 3. The molecule has 0 aliphatic heterocycles. The molecule has 5 heteroatoms. The van der Waals surface area contributed by atoms with Crippen molar-refractivity contribution in [2.75, 3.05) is 5.32 Å². The minimum absolute atomic E-state index is 0.115. The molecular formula is C15H15F2NO2. The maximum atomic E-state index is 12.0. The Morgan fingerprint density at radius 2 is 1.85 bits per heavy atom. The average molecular weight is 279 g/mol. The molecule has 0 aliphatic rings. The molecule has 0 bridgehead atoms. The van der Waals surface area contributed by atoms with Gasteiger partial charge in [-0.25, -0.2) is 0 Å². The third-order valence-corrected chi connectivity index (χ3v) is 2.88. The van der Waals surface area contributed by atoms with E-state index in [0.29, 0.717) is 6.54 Å². The van der Waals surface area contributed by atoms with E-state index in [0.717, 1.165) is 16.8 Å². The van der Waals surface area contributed by atoms with Crippen molar-refractivity contribution in [1.29, 1.82) is 0 Å². The van der Waals surface area contributed by atoms with Gasteiger partial charge in [0, 0.05) is 17.8 Å². The predicted molar refractivity (Wildman–Crippen MR) is 73.2 cm³/mol. The summed E-state index contributed by atoms with van der Waals surface area (Å²) in [6.07, 6.45) is 0. The third-order valence-electron chi connectivity index (χ3n) is 2.88. The summed E-state index contributed by atoms with van der Waals surface area (Å²) in [5.74, 6) is 0.376. The van der Waals surface area contributed by atoms with Gasteiger partial charge >= 0.3 is 6.61 Å². The number of alkyl halides is 2. The summed E-state index contributed by atoms with van der Waals surface area (Å²) in [4.78, 5) is 0. The van der Waals surface area contributed by atoms with Gasteiger partial charge in [0.2, 0.25) is 0 Å². The number of phenolic OH excluding ortho intramolecular Hbond substituents is 1. The highest BCUT2D eigenvalue weighted by atomic mass is 19.3. The highest BCUT2D eigenvalue weighted by Crippen LogP contribution is 2.23. The van der Waals surface area contributed by atoms with Crippen molar-refractivity contribution in [3.63, 3.8) is 0 Å². The lowest BCUT2D eigenvalue weighted by Gasteiger charge is -2.10. The molecule has 0 fully saturated rings. The van der Waals surface area contributed by atoms with E-state index in [-0.39, 0.29) is 11.5 Å². The summed E-state index contributed by atoms with van der Waals surface area (Å²) in [5.41, 5.74) is 2.34. The number of anilines is 1. The van der Waals surface area contributed by atoms with Crippen LogP contribution in [0.2, 0.25) is 0 Å². The fourth-order valence-electron chi connectivity index (χ4n) is 1.81. The summed E-state index contributed by atoms with van der Waals surface area (Å²) in [6, 6.07) is 11.7. The summed E-state index contributed by atoms with van der Waals surface area (Å²) < 4.78 is 28.3. The number of aryl methyl sites for hydroxylation is 1. The first-order valence-corrected chi connectivity index (χ1v) is 6.12. The van der Waals surface area contributed by atoms with Crippen molar-refractivity contribution in [3.8, 4) is 11.5 Å². The zero-order valence-electron chi connectivity index (χ0n) is 10.9. The normalized spacial score (nSPS) is 10.6. The molecule has 0 saturated carbocycles. The van der Waals surface area contributed by atoms with Crippen LogP contribution in [0.15, 0.2) is 42.5 Å². The summed E-state index contributed by atoms with van der Waals surface area (Å²) in [5, 5.41) is 13.0. The molecule has 0 atom stereocenters. The Balaban J connectivity index is 1.99. The standard InChI is InChI=1S/C15H15F2NO2/c1-10-3-2-4-11(14(10)19)9-18-12-5-7-13(8-6-12)20-15(16)17/h2-8,15,18-19H,9H2,1H3. The average Bonchev–Trinajstić information content (AvgIpc) is 2.41. The molecule has 2 aromatic rings. The Morgan fingerprint density at radius 1 is 1.15 bits per heavy atom. The van der Waals surface area contributed by atoms with Gasteiger partial charge in [0.05, 0.1) is 0 Å². The molecule has 0 aliphatic carbocycles. The number of hydrogen-bond donors (Lipinski definition) is 2. The first-order valence-electron chi connectivity index (χ1n) is 6.12. The fraction of sp³-hybridized carbons (Fsp3) is 0.200. The highest BCUT2D eigenvalue weighted by molar-refractivity contribution is 5.48. The van der Waals surface area contributed by atoms with E-state index in [2.05, 4.69) is 10.1 Å². The second kappa shape index (κ2) is 6.23. The van der Waals surface area contributed by atoms with E-state index >= 15 is 0 Å². The van der Waals surface area contributed by atoms with Gasteiger partial charge in [0.25, 0.3) is 0 Å². The van der Waals surface area contributed by atoms with Crippen molar-refractivity contribution in [1.82, 2.24) is 0 Å². The molecule has 2 N–H and O–H groups in total. The van der Waals surface area contributed by atoms with Crippen LogP contribution in [0.25, 0.3) is 0 Å². The molecule has 0 radical (unpaired) electrons. The second-order valence-corrected chi connectivity index (χ2v) is 4.34. The molecule has 2 rings (SSSR count). The predicted octanol–water partition coefficient (Wildman–Crippen LogP) is 3.91. The van der Waals surface area contributed by atoms with Crippen LogP contribution in [0.1, 0.15) is 11.1 Å². The molecule has 0 spiro atoms. The van der Waals surface area contributed by atoms with E-state index in [1.54, 1.807) is 12.1 Å². The minimum atomic E-state index is -2.82. The third kappa shape index (κ3) is 3.60. The first-order chi connectivity index (χ1) is 9.56. The van der Waals surface area contributed by atoms with Crippen LogP contribution in [0.3, 0.4) is 0 Å². The lowest BCUT2D eigenvalue weighted by molar-refractivity contribution is -0.0498. The fourth-order valence-corrected chi connectivity index (χ4v) is 1.81. The smallest absolute Gasteiger partial charge is 0.387 e. The Kier molecular flexibility index (Phi) is 4.40. The van der Waals surface area contributed by atoms with E-state index in [4.69, 9.17) is 0 Å². The van der Waals surface area contributed by atoms with Gasteiger partial charge in [0.1, 0.15) is 11.5 Å². The Bertz CT molecular complexity index is 571. The summed E-state index contributed by atoms with van der Waals surface area (Å²) in [6.45, 7) is -0.546. The number of benzene rings is 2. The van der Waals surface area contributed by atoms with E-state index in [9.17, 15) is 13.9 Å². The molecule has 0 amide bonds. The molecule has 0 aromatic heterocycles. The lowest BCUT2D eigenvalue weighted by Crippen LogP contribution is -2.03. The van der Waals surface area contributed by atoms with Gasteiger partial charge in [-0.15, -0.1) is 0 Å². The van der Waals surface area contributed by atoms with Gasteiger partial charge in [-0.3, -0.25) is 0 Å². The molecule has 2 aromatic carbocycles. The molecule has 106 valence electrons. The van der Waals surface area contributed by atoms with Crippen molar-refractivity contribution in [2.24, 2.45) is 0 Å². The van der Waals surface area contributed by atoms with E-state index in [1.807, 2.05) is 25.1 Å². The van der Waals surface area contributed by atoms with Gasteiger partial charge in [-0.1, -0.05) is 18.2 Å². The highest BCUT2D eigenvalue weighted by Gasteiger charge is 2.05. The van der Waals surface area contributed by atoms with E-state index in [1.165, 1.54) is 12.1 Å². The number of phenols is 1. The second-order valence-electron chi connectivity index (χ2n) is 4.34. The SMILES string of the molecule is Cc1cccc(CNc2ccc(OC(F)F)cc2)c1O. The first kappa shape index (κ1) is 14.1. The topological polar surface area (TPSA) is 41.5 Å². The molecular weight excluding hydrogens is 264 g/mol. The van der Waals surface area contributed by atoms with Crippen LogP contribution < -0.4 is 10.1 Å². The molecule has 3 nitrogen and oxygen atoms in total. The quantitative estimate of drug-likeness (QED) is 0.871. The maximum absolute atomic E-state index is 12.0. The van der Waals surface area contributed by atoms with E-state index < -0.39 is 6.61 Å². The Labute approximate surface area is 115 Å². The number of halogens is 2. The zero-order chi connectivity index (χ0) is 14.5. The summed E-state index contributed by atoms with van der Waals surface area (Å²) >= 11 is 0. The lowest BCUT2D eigenvalue weighted by atomic mass is 10.1. The largest absolute Gasteiger partial charge is 0.507 e. The van der Waals surface area contributed by atoms with Crippen LogP contribution >= 0.6 is 0 Å². The number of ether oxygens (including phenoxy) is 1. The van der Waals surface area contributed by atoms with Crippen molar-refractivity contribution in [2.45, 2.75) is 20.1 Å². The minimum Gasteiger partial charge on any atom is -0.507 e. The van der Waals surface area contributed by atoms with Crippen LogP contribution in [-0.2, 0) is 6.54 Å². The Morgan fingerprint density at radius 3 is 2.50 bits per heavy atom. The van der Waals surface area contributed by atoms with Crippen LogP contribution in [0, 0.1) is 6.92 Å². The molecule has 0 heterocycles. The van der Waals surface area contributed by atoms with Crippen LogP contribution in [0.4, 0.5) is 14.5 Å². The van der Waals surface area contributed by atoms with Crippen LogP contribution in [-0.4, -0.2) is 11.7 Å². The van der Waals surface area contributed by atoms with Gasteiger partial charge in [-0.2, -0.15) is 8.78 Å². The monoisotopic (exact) mass is 279 g/mol. The molecule has 0 unspecified atom stereocenters. The molecule has 20 heavy (non-hydrogen) atoms.